The quantitative estimate of drug-likeness (QED) is 0.555. The van der Waals surface area contributed by atoms with Gasteiger partial charge in [0.2, 0.25) is 0 Å². The summed E-state index contributed by atoms with van der Waals surface area (Å²) in [6, 6.07) is 16.8. The van der Waals surface area contributed by atoms with E-state index in [1.165, 1.54) is 11.1 Å². The minimum Gasteiger partial charge on any atom is -0.748 e. The van der Waals surface area contributed by atoms with Crippen LogP contribution in [0.4, 0.5) is 0 Å². The van der Waals surface area contributed by atoms with Crippen molar-refractivity contribution in [1.29, 1.82) is 0 Å². The van der Waals surface area contributed by atoms with E-state index in [4.69, 9.17) is 0 Å². The number of rotatable bonds is 2. The Labute approximate surface area is 103 Å². The van der Waals surface area contributed by atoms with Gasteiger partial charge in [0.1, 0.15) is 0 Å². The van der Waals surface area contributed by atoms with E-state index in [9.17, 15) is 0 Å². The summed E-state index contributed by atoms with van der Waals surface area (Å²) in [4.78, 5) is 0. The second kappa shape index (κ2) is 8.50. The zero-order valence-electron chi connectivity index (χ0n) is 9.35. The van der Waals surface area contributed by atoms with Crippen LogP contribution in [0.3, 0.4) is 0 Å². The van der Waals surface area contributed by atoms with Crippen LogP contribution in [0.5, 0.6) is 0 Å². The summed E-state index contributed by atoms with van der Waals surface area (Å²) in [6.07, 6.45) is 2.32. The molecule has 0 spiro atoms. The maximum atomic E-state index is 2.16. The van der Waals surface area contributed by atoms with Crippen LogP contribution in [0.15, 0.2) is 48.5 Å². The predicted molar refractivity (Wildman–Crippen MR) is 62.8 cm³/mol. The van der Waals surface area contributed by atoms with Gasteiger partial charge in [-0.2, -0.15) is 17.7 Å². The van der Waals surface area contributed by atoms with Crippen molar-refractivity contribution in [2.24, 2.45) is 0 Å². The second-order valence-corrected chi connectivity index (χ2v) is 3.29. The Morgan fingerprint density at radius 3 is 1.73 bits per heavy atom. The van der Waals surface area contributed by atoms with Gasteiger partial charge in [-0.15, -0.1) is 0 Å². The minimum atomic E-state index is 0. The number of hydrogen-bond acceptors (Lipinski definition) is 0. The van der Waals surface area contributed by atoms with Gasteiger partial charge >= 0.3 is 0 Å². The first-order valence-corrected chi connectivity index (χ1v) is 5.28. The molecule has 0 atom stereocenters. The smallest absolute Gasteiger partial charge is 0 e. The molecule has 0 fully saturated rings. The maximum Gasteiger partial charge on any atom is 0 e. The van der Waals surface area contributed by atoms with Gasteiger partial charge in [-0.05, 0) is 0 Å². The summed E-state index contributed by atoms with van der Waals surface area (Å²) in [5.41, 5.74) is 2.86. The van der Waals surface area contributed by atoms with E-state index in [-0.39, 0.29) is 16.5 Å². The summed E-state index contributed by atoms with van der Waals surface area (Å²) in [7, 11) is 0. The van der Waals surface area contributed by atoms with Crippen LogP contribution in [-0.4, -0.2) is 0 Å². The van der Waals surface area contributed by atoms with Crippen molar-refractivity contribution in [2.45, 2.75) is 26.7 Å². The van der Waals surface area contributed by atoms with Crippen LogP contribution in [0.25, 0.3) is 0 Å². The monoisotopic (exact) mass is 244 g/mol. The van der Waals surface area contributed by atoms with E-state index in [0.29, 0.717) is 0 Å². The second-order valence-electron chi connectivity index (χ2n) is 3.29. The molecule has 2 aromatic carbocycles. The van der Waals surface area contributed by atoms with Gasteiger partial charge in [0, 0.05) is 16.5 Å². The Morgan fingerprint density at radius 2 is 1.47 bits per heavy atom. The molecule has 0 nitrogen and oxygen atoms in total. The van der Waals surface area contributed by atoms with Gasteiger partial charge in [0.15, 0.2) is 0 Å². The van der Waals surface area contributed by atoms with Crippen molar-refractivity contribution in [1.82, 2.24) is 0 Å². The summed E-state index contributed by atoms with van der Waals surface area (Å²) in [6.45, 7) is 4.32. The fraction of sp³-hybridized carbons (Fsp3) is 0.286. The van der Waals surface area contributed by atoms with Gasteiger partial charge in [-0.3, -0.25) is 0 Å². The molecule has 0 bridgehead atoms. The molecular weight excluding hydrogens is 227 g/mol. The van der Waals surface area contributed by atoms with Crippen LogP contribution >= 0.6 is 0 Å². The van der Waals surface area contributed by atoms with Gasteiger partial charge < -0.3 is 29.8 Å². The molecule has 0 amide bonds. The van der Waals surface area contributed by atoms with Gasteiger partial charge in [-0.25, -0.2) is 18.6 Å². The van der Waals surface area contributed by atoms with E-state index in [1.807, 2.05) is 0 Å². The van der Waals surface area contributed by atoms with E-state index in [0.717, 1.165) is 12.8 Å². The molecule has 0 radical (unpaired) electrons. The third kappa shape index (κ3) is 5.59. The first-order valence-electron chi connectivity index (χ1n) is 5.28. The fourth-order valence-corrected chi connectivity index (χ4v) is 1.30. The first-order chi connectivity index (χ1) is 6.86. The Morgan fingerprint density at radius 1 is 0.933 bits per heavy atom. The Balaban J connectivity index is 0.000000245. The third-order valence-electron chi connectivity index (χ3n) is 2.28. The molecule has 2 aromatic rings. The third-order valence-corrected chi connectivity index (χ3v) is 2.28. The maximum absolute atomic E-state index is 2.16. The van der Waals surface area contributed by atoms with E-state index >= 15 is 0 Å². The zero-order chi connectivity index (χ0) is 10.2. The standard InChI is InChI=1S/2C7H9.Ni/c2*1-2-7-5-3-4-6-7;/h2*3-6H,2H2,1H3;/q-5;-1;. The molecule has 0 N–H and O–H groups in total. The summed E-state index contributed by atoms with van der Waals surface area (Å²) in [5, 5.41) is 0. The normalized spacial score (nSPS) is 8.67. The Kier molecular flexibility index (Phi) is 8.04. The van der Waals surface area contributed by atoms with Crippen molar-refractivity contribution < 1.29 is 16.5 Å². The SMILES string of the molecule is CC[c-]1[cH-][cH-][cH-][cH-]1.CC[c-]1cccc1.[Ni]. The molecule has 0 aliphatic rings. The summed E-state index contributed by atoms with van der Waals surface area (Å²) >= 11 is 0. The molecule has 2 rings (SSSR count). The van der Waals surface area contributed by atoms with Crippen molar-refractivity contribution >= 4 is 0 Å². The molecule has 1 heteroatoms. The Bertz CT molecular complexity index is 269. The van der Waals surface area contributed by atoms with Crippen LogP contribution in [0.2, 0.25) is 0 Å². The number of aryl methyl sites for hydroxylation is 2. The van der Waals surface area contributed by atoms with E-state index < -0.39 is 0 Å². The van der Waals surface area contributed by atoms with Crippen LogP contribution in [0.1, 0.15) is 25.0 Å². The molecular formula is C14H18Ni-6. The van der Waals surface area contributed by atoms with Crippen LogP contribution in [0, 0.1) is 0 Å². The largest absolute Gasteiger partial charge is 0.748 e. The van der Waals surface area contributed by atoms with Crippen LogP contribution in [-0.2, 0) is 29.3 Å². The predicted octanol–water partition coefficient (Wildman–Crippen LogP) is 3.93. The molecule has 0 unspecified atom stereocenters. The molecule has 0 aliphatic carbocycles. The Hall–Kier alpha value is -0.806. The zero-order valence-corrected chi connectivity index (χ0v) is 10.3. The minimum absolute atomic E-state index is 0. The van der Waals surface area contributed by atoms with Crippen molar-refractivity contribution in [3.8, 4) is 0 Å². The molecule has 0 saturated carbocycles. The van der Waals surface area contributed by atoms with E-state index in [1.54, 1.807) is 0 Å². The first kappa shape index (κ1) is 14.2. The molecule has 0 aromatic heterocycles. The summed E-state index contributed by atoms with van der Waals surface area (Å²) in [5.74, 6) is 0. The average Bonchev–Trinajstić information content (AvgIpc) is 2.92. The molecule has 0 heterocycles. The molecule has 0 saturated heterocycles. The van der Waals surface area contributed by atoms with Crippen LogP contribution < -0.4 is 0 Å². The van der Waals surface area contributed by atoms with Gasteiger partial charge in [-0.1, -0.05) is 20.3 Å². The van der Waals surface area contributed by atoms with Gasteiger partial charge in [0.25, 0.3) is 0 Å². The molecule has 0 aliphatic heterocycles. The summed E-state index contributed by atoms with van der Waals surface area (Å²) < 4.78 is 0. The van der Waals surface area contributed by atoms with E-state index in [2.05, 4.69) is 62.4 Å². The fourth-order valence-electron chi connectivity index (χ4n) is 1.30. The molecule has 90 valence electrons. The van der Waals surface area contributed by atoms with Crippen molar-refractivity contribution in [3.63, 3.8) is 0 Å². The average molecular weight is 245 g/mol. The number of hydrogen-bond donors (Lipinski definition) is 0. The van der Waals surface area contributed by atoms with Crippen molar-refractivity contribution in [3.05, 3.63) is 59.7 Å². The van der Waals surface area contributed by atoms with Gasteiger partial charge in [0.05, 0.1) is 0 Å². The topological polar surface area (TPSA) is 0 Å². The molecule has 15 heavy (non-hydrogen) atoms. The van der Waals surface area contributed by atoms with Crippen molar-refractivity contribution in [2.75, 3.05) is 0 Å².